The van der Waals surface area contributed by atoms with Crippen molar-refractivity contribution in [2.45, 2.75) is 29.7 Å². The number of ether oxygens (including phenoxy) is 2. The summed E-state index contributed by atoms with van der Waals surface area (Å²) in [7, 11) is 0. The summed E-state index contributed by atoms with van der Waals surface area (Å²) in [6, 6.07) is 20.6. The Hall–Kier alpha value is -2.64. The second-order valence-corrected chi connectivity index (χ2v) is 8.06. The van der Waals surface area contributed by atoms with E-state index in [2.05, 4.69) is 45.9 Å². The van der Waals surface area contributed by atoms with E-state index in [1.807, 2.05) is 36.4 Å². The summed E-state index contributed by atoms with van der Waals surface area (Å²) in [6.45, 7) is -0.810. The highest BCUT2D eigenvalue weighted by Gasteiger charge is 2.82. The number of nitrogens with two attached hydrogens (primary N) is 1. The Labute approximate surface area is 198 Å². The van der Waals surface area contributed by atoms with Crippen LogP contribution >= 0.6 is 11.8 Å². The van der Waals surface area contributed by atoms with Crippen molar-refractivity contribution in [3.63, 3.8) is 0 Å². The zero-order valence-corrected chi connectivity index (χ0v) is 18.3. The first-order valence-electron chi connectivity index (χ1n) is 9.56. The van der Waals surface area contributed by atoms with Gasteiger partial charge in [-0.25, -0.2) is 0 Å². The Bertz CT molecular complexity index is 955. The third kappa shape index (κ3) is 7.42. The van der Waals surface area contributed by atoms with Crippen molar-refractivity contribution >= 4 is 23.9 Å². The monoisotopic (exact) mass is 531 g/mol. The van der Waals surface area contributed by atoms with Gasteiger partial charge in [-0.1, -0.05) is 72.8 Å². The maximum absolute atomic E-state index is 13.2. The average molecular weight is 531 g/mol. The fourth-order valence-electron chi connectivity index (χ4n) is 2.34. The Morgan fingerprint density at radius 1 is 0.743 bits per heavy atom. The quantitative estimate of drug-likeness (QED) is 0.318. The maximum Gasteiger partial charge on any atom is 0.460 e. The minimum Gasteiger partial charge on any atom is -0.458 e. The molecule has 0 saturated carbocycles. The van der Waals surface area contributed by atoms with Crippen molar-refractivity contribution in [1.82, 2.24) is 0 Å². The van der Waals surface area contributed by atoms with Crippen LogP contribution in [0.2, 0.25) is 0 Å². The van der Waals surface area contributed by atoms with Gasteiger partial charge in [0.05, 0.1) is 11.5 Å². The van der Waals surface area contributed by atoms with Crippen LogP contribution in [0.25, 0.3) is 12.2 Å². The zero-order chi connectivity index (χ0) is 26.3. The van der Waals surface area contributed by atoms with E-state index in [9.17, 15) is 39.5 Å². The summed E-state index contributed by atoms with van der Waals surface area (Å²) >= 11 is -1.23. The fourth-order valence-corrected chi connectivity index (χ4v) is 3.16. The first-order chi connectivity index (χ1) is 16.2. The molecule has 3 nitrogen and oxygen atoms in total. The number of hydrogen-bond acceptors (Lipinski definition) is 4. The Balaban J connectivity index is 0.000000266. The molecule has 0 radical (unpaired) electrons. The van der Waals surface area contributed by atoms with Gasteiger partial charge in [-0.05, 0) is 22.9 Å². The molecule has 1 aliphatic heterocycles. The van der Waals surface area contributed by atoms with Crippen molar-refractivity contribution in [3.8, 4) is 0 Å². The van der Waals surface area contributed by atoms with E-state index in [0.717, 1.165) is 0 Å². The molecule has 1 unspecified atom stereocenters. The molecule has 0 fully saturated rings. The molecule has 0 amide bonds. The smallest absolute Gasteiger partial charge is 0.458 e. The highest BCUT2D eigenvalue weighted by atomic mass is 32.2. The van der Waals surface area contributed by atoms with E-state index in [0.29, 0.717) is 6.26 Å². The number of rotatable bonds is 6. The lowest BCUT2D eigenvalue weighted by molar-refractivity contribution is -0.381. The van der Waals surface area contributed by atoms with Crippen LogP contribution < -0.4 is 5.73 Å². The fraction of sp³-hybridized carbons (Fsp3) is 0.273. The molecule has 2 aromatic carbocycles. The topological polar surface area (TPSA) is 44.5 Å². The van der Waals surface area contributed by atoms with Gasteiger partial charge < -0.3 is 9.47 Å². The van der Waals surface area contributed by atoms with Crippen LogP contribution in [0.3, 0.4) is 0 Å². The highest BCUT2D eigenvalue weighted by Crippen LogP contribution is 2.57. The molecule has 0 aromatic heterocycles. The molecular weight excluding hydrogens is 513 g/mol. The third-order valence-corrected chi connectivity index (χ3v) is 5.16. The van der Waals surface area contributed by atoms with Gasteiger partial charge in [0.25, 0.3) is 6.41 Å². The second kappa shape index (κ2) is 11.4. The maximum atomic E-state index is 13.2. The van der Waals surface area contributed by atoms with E-state index in [1.54, 1.807) is 0 Å². The van der Waals surface area contributed by atoms with Crippen molar-refractivity contribution in [2.75, 3.05) is 6.61 Å². The molecular formula is C22H18F9NO2S. The van der Waals surface area contributed by atoms with Gasteiger partial charge in [-0.2, -0.15) is 39.5 Å². The second-order valence-electron chi connectivity index (χ2n) is 6.82. The lowest BCUT2D eigenvalue weighted by Gasteiger charge is -2.33. The lowest BCUT2D eigenvalue weighted by atomic mass is 10.1. The van der Waals surface area contributed by atoms with Crippen molar-refractivity contribution in [3.05, 3.63) is 83.0 Å². The standard InChI is InChI=1S/C14H12.C8H6F9NO2S/c1-3-7-13(8-4-1)11-12-14-9-5-2-6-10-14;9-5(10,7(13,14)15)6(11,12)8(16,17)21-3-1-19-4(18)20-2-3/h1-12H;1,4H,2,18H2. The van der Waals surface area contributed by atoms with Crippen molar-refractivity contribution < 1.29 is 49.0 Å². The molecule has 0 spiro atoms. The summed E-state index contributed by atoms with van der Waals surface area (Å²) in [5.74, 6) is -13.6. The molecule has 13 heteroatoms. The number of benzene rings is 2. The van der Waals surface area contributed by atoms with Crippen LogP contribution in [-0.4, -0.2) is 36.3 Å². The van der Waals surface area contributed by atoms with Crippen molar-refractivity contribution in [1.29, 1.82) is 0 Å². The normalized spacial score (nSPS) is 17.3. The summed E-state index contributed by atoms with van der Waals surface area (Å²) < 4.78 is 121. The van der Waals surface area contributed by atoms with Gasteiger partial charge in [0.1, 0.15) is 6.26 Å². The number of thioether (sulfide) groups is 1. The van der Waals surface area contributed by atoms with E-state index >= 15 is 0 Å². The third-order valence-electron chi connectivity index (χ3n) is 4.17. The predicted molar refractivity (Wildman–Crippen MR) is 113 cm³/mol. The molecule has 3 rings (SSSR count). The first kappa shape index (κ1) is 28.6. The van der Waals surface area contributed by atoms with E-state index in [-0.39, 0.29) is 0 Å². The number of alkyl halides is 9. The van der Waals surface area contributed by atoms with Crippen molar-refractivity contribution in [2.24, 2.45) is 5.73 Å². The molecule has 0 bridgehead atoms. The van der Waals surface area contributed by atoms with Crippen LogP contribution in [0, 0.1) is 0 Å². The molecule has 35 heavy (non-hydrogen) atoms. The molecule has 2 aromatic rings. The minimum absolute atomic E-state index is 0.411. The summed E-state index contributed by atoms with van der Waals surface area (Å²) in [4.78, 5) is -0.834. The number of halogens is 9. The molecule has 192 valence electrons. The molecule has 1 atom stereocenters. The van der Waals surface area contributed by atoms with E-state index < -0.39 is 53.0 Å². The zero-order valence-electron chi connectivity index (χ0n) is 17.5. The first-order valence-corrected chi connectivity index (χ1v) is 10.4. The molecule has 1 aliphatic rings. The van der Waals surface area contributed by atoms with Gasteiger partial charge in [0.2, 0.25) is 0 Å². The van der Waals surface area contributed by atoms with Gasteiger partial charge in [-0.3, -0.25) is 5.73 Å². The summed E-state index contributed by atoms with van der Waals surface area (Å²) in [6.07, 6.45) is -3.59. The van der Waals surface area contributed by atoms with Crippen LogP contribution in [0.15, 0.2) is 71.8 Å². The largest absolute Gasteiger partial charge is 0.460 e. The molecule has 1 heterocycles. The van der Waals surface area contributed by atoms with Crippen LogP contribution in [0.1, 0.15) is 11.1 Å². The highest BCUT2D eigenvalue weighted by molar-refractivity contribution is 8.04. The van der Waals surface area contributed by atoms with E-state index in [4.69, 9.17) is 5.73 Å². The Morgan fingerprint density at radius 2 is 1.20 bits per heavy atom. The molecule has 0 saturated heterocycles. The van der Waals surface area contributed by atoms with Crippen LogP contribution in [-0.2, 0) is 9.47 Å². The average Bonchev–Trinajstić information content (AvgIpc) is 2.80. The van der Waals surface area contributed by atoms with Gasteiger partial charge >= 0.3 is 23.3 Å². The van der Waals surface area contributed by atoms with Gasteiger partial charge in [-0.15, -0.1) is 0 Å². The lowest BCUT2D eigenvalue weighted by Crippen LogP contribution is -2.59. The number of hydrogen-bond donors (Lipinski definition) is 1. The SMILES string of the molecule is C(=Cc1ccccc1)c1ccccc1.NC1OC=C(SC(F)(F)C(F)(F)C(F)(F)C(F)(F)F)CO1. The van der Waals surface area contributed by atoms with Gasteiger partial charge in [0, 0.05) is 0 Å². The molecule has 2 N–H and O–H groups in total. The summed E-state index contributed by atoms with van der Waals surface area (Å²) in [5, 5.41) is -5.77. The molecule has 0 aliphatic carbocycles. The summed E-state index contributed by atoms with van der Waals surface area (Å²) in [5.41, 5.74) is 7.44. The van der Waals surface area contributed by atoms with Crippen LogP contribution in [0.5, 0.6) is 0 Å². The van der Waals surface area contributed by atoms with Gasteiger partial charge in [0.15, 0.2) is 0 Å². The van der Waals surface area contributed by atoms with E-state index in [1.165, 1.54) is 11.1 Å². The predicted octanol–water partition coefficient (Wildman–Crippen LogP) is 7.13. The van der Waals surface area contributed by atoms with Crippen LogP contribution in [0.4, 0.5) is 39.5 Å². The Morgan fingerprint density at radius 3 is 1.57 bits per heavy atom. The minimum atomic E-state index is -6.93. The Kier molecular flexibility index (Phi) is 9.31.